The molecule has 1 fully saturated rings. The molecule has 27 heavy (non-hydrogen) atoms. The molecule has 3 aromatic rings. The first kappa shape index (κ1) is 15.9. The van der Waals surface area contributed by atoms with Crippen LogP contribution in [0.2, 0.25) is 0 Å². The van der Waals surface area contributed by atoms with Crippen molar-refractivity contribution in [3.63, 3.8) is 0 Å². The summed E-state index contributed by atoms with van der Waals surface area (Å²) in [4.78, 5) is 12.0. The van der Waals surface area contributed by atoms with E-state index in [1.54, 1.807) is 6.07 Å². The molecule has 2 aromatic carbocycles. The molecule has 0 atom stereocenters. The maximum Gasteiger partial charge on any atom is 0.231 e. The number of rotatable bonds is 4. The zero-order valence-corrected chi connectivity index (χ0v) is 14.3. The van der Waals surface area contributed by atoms with Crippen LogP contribution in [-0.4, -0.2) is 22.9 Å². The molecular formula is C20H16FN3O3. The summed E-state index contributed by atoms with van der Waals surface area (Å²) in [5, 5.41) is 10.5. The smallest absolute Gasteiger partial charge is 0.231 e. The van der Waals surface area contributed by atoms with Gasteiger partial charge in [-0.15, -0.1) is 0 Å². The third-order valence-corrected chi connectivity index (χ3v) is 4.72. The van der Waals surface area contributed by atoms with Crippen LogP contribution in [0.1, 0.15) is 24.1 Å². The van der Waals surface area contributed by atoms with Gasteiger partial charge >= 0.3 is 0 Å². The first-order chi connectivity index (χ1) is 13.2. The van der Waals surface area contributed by atoms with Crippen molar-refractivity contribution in [1.29, 1.82) is 0 Å². The van der Waals surface area contributed by atoms with Crippen LogP contribution in [-0.2, 0) is 4.79 Å². The van der Waals surface area contributed by atoms with E-state index in [1.165, 1.54) is 6.07 Å². The highest BCUT2D eigenvalue weighted by atomic mass is 19.1. The highest BCUT2D eigenvalue weighted by Crippen LogP contribution is 2.34. The minimum atomic E-state index is -0.480. The molecule has 1 aliphatic carbocycles. The molecular weight excluding hydrogens is 349 g/mol. The van der Waals surface area contributed by atoms with Crippen molar-refractivity contribution in [1.82, 2.24) is 10.2 Å². The van der Waals surface area contributed by atoms with E-state index in [4.69, 9.17) is 9.47 Å². The lowest BCUT2D eigenvalue weighted by Gasteiger charge is -2.06. The predicted octanol–water partition coefficient (Wildman–Crippen LogP) is 3.95. The first-order valence-electron chi connectivity index (χ1n) is 8.73. The largest absolute Gasteiger partial charge is 0.454 e. The van der Waals surface area contributed by atoms with Gasteiger partial charge in [-0.05, 0) is 42.7 Å². The van der Waals surface area contributed by atoms with Crippen molar-refractivity contribution in [3.8, 4) is 11.5 Å². The quantitative estimate of drug-likeness (QED) is 0.734. The maximum absolute atomic E-state index is 14.2. The Morgan fingerprint density at radius 2 is 2.04 bits per heavy atom. The maximum atomic E-state index is 14.2. The average molecular weight is 365 g/mol. The lowest BCUT2D eigenvalue weighted by Crippen LogP contribution is -2.14. The van der Waals surface area contributed by atoms with Crippen LogP contribution in [0.3, 0.4) is 0 Å². The molecule has 7 heteroatoms. The summed E-state index contributed by atoms with van der Waals surface area (Å²) >= 11 is 0. The number of aromatic amines is 1. The topological polar surface area (TPSA) is 76.2 Å². The van der Waals surface area contributed by atoms with Gasteiger partial charge in [0.25, 0.3) is 0 Å². The van der Waals surface area contributed by atoms with Crippen LogP contribution < -0.4 is 14.8 Å². The third kappa shape index (κ3) is 3.01. The summed E-state index contributed by atoms with van der Waals surface area (Å²) in [5.74, 6) is 0.829. The van der Waals surface area contributed by atoms with Crippen LogP contribution in [0.4, 0.5) is 10.1 Å². The van der Waals surface area contributed by atoms with E-state index < -0.39 is 5.82 Å². The lowest BCUT2D eigenvalue weighted by atomic mass is 10.1. The lowest BCUT2D eigenvalue weighted by molar-refractivity contribution is -0.117. The summed E-state index contributed by atoms with van der Waals surface area (Å²) in [6.45, 7) is 0.230. The second kappa shape index (κ2) is 6.12. The summed E-state index contributed by atoms with van der Waals surface area (Å²) in [6.07, 6.45) is 5.46. The molecule has 2 N–H and O–H groups in total. The molecule has 0 unspecified atom stereocenters. The summed E-state index contributed by atoms with van der Waals surface area (Å²) in [7, 11) is 0. The minimum Gasteiger partial charge on any atom is -0.454 e. The second-order valence-electron chi connectivity index (χ2n) is 6.70. The van der Waals surface area contributed by atoms with Crippen molar-refractivity contribution in [2.24, 2.45) is 5.92 Å². The molecule has 1 saturated carbocycles. The number of benzene rings is 2. The van der Waals surface area contributed by atoms with E-state index in [0.29, 0.717) is 17.0 Å². The summed E-state index contributed by atoms with van der Waals surface area (Å²) in [6, 6.07) is 8.62. The van der Waals surface area contributed by atoms with Crippen LogP contribution in [0.15, 0.2) is 30.3 Å². The SMILES string of the molecule is O=C(Nc1cc2c(C=Cc3ccc4c(c3)OCO4)n[nH]c2cc1F)C1CC1. The number of fused-ring (bicyclic) bond motifs is 2. The molecule has 1 aliphatic heterocycles. The molecule has 2 heterocycles. The van der Waals surface area contributed by atoms with Gasteiger partial charge in [-0.25, -0.2) is 4.39 Å². The Balaban J connectivity index is 1.45. The van der Waals surface area contributed by atoms with Gasteiger partial charge in [0.15, 0.2) is 11.5 Å². The number of H-pyrrole nitrogens is 1. The normalized spacial score (nSPS) is 15.6. The van der Waals surface area contributed by atoms with Crippen LogP contribution >= 0.6 is 0 Å². The number of carbonyl (C=O) groups is 1. The van der Waals surface area contributed by atoms with Crippen molar-refractivity contribution < 1.29 is 18.7 Å². The Bertz CT molecular complexity index is 1090. The molecule has 2 aliphatic rings. The monoisotopic (exact) mass is 365 g/mol. The number of hydrogen-bond acceptors (Lipinski definition) is 4. The Morgan fingerprint density at radius 3 is 2.89 bits per heavy atom. The molecule has 6 nitrogen and oxygen atoms in total. The fourth-order valence-electron chi connectivity index (χ4n) is 3.05. The highest BCUT2D eigenvalue weighted by Gasteiger charge is 2.30. The van der Waals surface area contributed by atoms with Crippen molar-refractivity contribution in [2.75, 3.05) is 12.1 Å². The highest BCUT2D eigenvalue weighted by molar-refractivity contribution is 5.98. The number of hydrogen-bond donors (Lipinski definition) is 2. The zero-order chi connectivity index (χ0) is 18.4. The fourth-order valence-corrected chi connectivity index (χ4v) is 3.05. The van der Waals surface area contributed by atoms with Crippen molar-refractivity contribution >= 4 is 34.6 Å². The van der Waals surface area contributed by atoms with Crippen molar-refractivity contribution in [3.05, 3.63) is 47.4 Å². The van der Waals surface area contributed by atoms with Gasteiger partial charge in [-0.2, -0.15) is 5.10 Å². The Morgan fingerprint density at radius 1 is 1.19 bits per heavy atom. The fraction of sp³-hybridized carbons (Fsp3) is 0.200. The Labute approximate surface area is 154 Å². The van der Waals surface area contributed by atoms with Gasteiger partial charge in [0.2, 0.25) is 12.7 Å². The number of ether oxygens (including phenoxy) is 2. The molecule has 136 valence electrons. The Kier molecular flexibility index (Phi) is 3.60. The number of nitrogens with zero attached hydrogens (tertiary/aromatic N) is 1. The number of halogens is 1. The van der Waals surface area contributed by atoms with Gasteiger partial charge < -0.3 is 14.8 Å². The van der Waals surface area contributed by atoms with Gasteiger partial charge in [-0.3, -0.25) is 9.89 Å². The van der Waals surface area contributed by atoms with Crippen LogP contribution in [0.5, 0.6) is 11.5 Å². The second-order valence-corrected chi connectivity index (χ2v) is 6.70. The number of nitrogens with one attached hydrogen (secondary N) is 2. The van der Waals surface area contributed by atoms with Gasteiger partial charge in [0.1, 0.15) is 5.82 Å². The summed E-state index contributed by atoms with van der Waals surface area (Å²) < 4.78 is 24.9. The predicted molar refractivity (Wildman–Crippen MR) is 98.9 cm³/mol. The third-order valence-electron chi connectivity index (χ3n) is 4.72. The van der Waals surface area contributed by atoms with E-state index in [0.717, 1.165) is 29.5 Å². The van der Waals surface area contributed by atoms with Gasteiger partial charge in [0, 0.05) is 17.4 Å². The van der Waals surface area contributed by atoms with Crippen LogP contribution in [0, 0.1) is 11.7 Å². The van der Waals surface area contributed by atoms with Gasteiger partial charge in [-0.1, -0.05) is 12.1 Å². The molecule has 5 rings (SSSR count). The molecule has 0 bridgehead atoms. The zero-order valence-electron chi connectivity index (χ0n) is 14.3. The number of anilines is 1. The van der Waals surface area contributed by atoms with E-state index in [1.807, 2.05) is 30.4 Å². The van der Waals surface area contributed by atoms with E-state index in [2.05, 4.69) is 15.5 Å². The van der Waals surface area contributed by atoms with E-state index in [-0.39, 0.29) is 24.3 Å². The standard InChI is InChI=1S/C20H16FN3O3/c21-14-9-16-13(8-17(14)22-20(25)12-3-4-12)15(23-24-16)5-1-11-2-6-18-19(7-11)27-10-26-18/h1-2,5-9,12H,3-4,10H2,(H,22,25)(H,23,24). The number of amides is 1. The summed E-state index contributed by atoms with van der Waals surface area (Å²) in [5.41, 5.74) is 2.34. The van der Waals surface area contributed by atoms with Crippen LogP contribution in [0.25, 0.3) is 23.1 Å². The number of aromatic nitrogens is 2. The average Bonchev–Trinajstić information content (AvgIpc) is 3.30. The number of carbonyl (C=O) groups excluding carboxylic acids is 1. The molecule has 0 saturated heterocycles. The van der Waals surface area contributed by atoms with Crippen molar-refractivity contribution in [2.45, 2.75) is 12.8 Å². The molecule has 0 spiro atoms. The van der Waals surface area contributed by atoms with Gasteiger partial charge in [0.05, 0.1) is 16.9 Å². The molecule has 1 amide bonds. The molecule has 1 aromatic heterocycles. The van der Waals surface area contributed by atoms with E-state index >= 15 is 0 Å². The Hall–Kier alpha value is -3.35. The van der Waals surface area contributed by atoms with E-state index in [9.17, 15) is 9.18 Å². The minimum absolute atomic E-state index is 0.00909. The molecule has 0 radical (unpaired) electrons. The first-order valence-corrected chi connectivity index (χ1v) is 8.73.